The summed E-state index contributed by atoms with van der Waals surface area (Å²) >= 11 is 1.58. The van der Waals surface area contributed by atoms with Crippen LogP contribution in [-0.2, 0) is 13.0 Å². The number of nitrogens with one attached hydrogen (secondary N) is 1. The number of aryl methyl sites for hydroxylation is 1. The minimum Gasteiger partial charge on any atom is -0.363 e. The van der Waals surface area contributed by atoms with Gasteiger partial charge in [0, 0.05) is 15.8 Å². The van der Waals surface area contributed by atoms with Gasteiger partial charge >= 0.3 is 0 Å². The van der Waals surface area contributed by atoms with Crippen molar-refractivity contribution in [2.24, 2.45) is 0 Å². The third kappa shape index (κ3) is 2.81. The van der Waals surface area contributed by atoms with Crippen molar-refractivity contribution in [3.05, 3.63) is 45.5 Å². The Morgan fingerprint density at radius 2 is 1.89 bits per heavy atom. The second-order valence-corrected chi connectivity index (χ2v) is 4.92. The van der Waals surface area contributed by atoms with Crippen molar-refractivity contribution in [1.82, 2.24) is 4.98 Å². The van der Waals surface area contributed by atoms with Gasteiger partial charge in [0.05, 0.1) is 6.54 Å². The number of hydrogen-bond donors (Lipinski definition) is 1. The summed E-state index contributed by atoms with van der Waals surface area (Å²) in [5.41, 5.74) is 0. The fourth-order valence-corrected chi connectivity index (χ4v) is 2.34. The average molecular weight is 272 g/mol. The molecule has 0 fully saturated rings. The second-order valence-electron chi connectivity index (χ2n) is 3.67. The lowest BCUT2D eigenvalue weighted by Gasteiger charge is -2.05. The van der Waals surface area contributed by atoms with Crippen LogP contribution in [0.15, 0.2) is 18.2 Å². The van der Waals surface area contributed by atoms with E-state index in [0.29, 0.717) is 12.6 Å². The highest BCUT2D eigenvalue weighted by molar-refractivity contribution is 7.12. The quantitative estimate of drug-likeness (QED) is 0.858. The molecule has 0 aromatic carbocycles. The van der Waals surface area contributed by atoms with Gasteiger partial charge in [0.25, 0.3) is 5.95 Å². The van der Waals surface area contributed by atoms with Crippen LogP contribution in [0.2, 0.25) is 0 Å². The number of halogens is 3. The molecule has 0 saturated carbocycles. The predicted molar refractivity (Wildman–Crippen MR) is 65.1 cm³/mol. The second kappa shape index (κ2) is 5.39. The van der Waals surface area contributed by atoms with E-state index in [1.807, 2.05) is 19.1 Å². The third-order valence-corrected chi connectivity index (χ3v) is 3.61. The van der Waals surface area contributed by atoms with Crippen LogP contribution in [0.5, 0.6) is 0 Å². The molecule has 1 N–H and O–H groups in total. The summed E-state index contributed by atoms with van der Waals surface area (Å²) in [6, 6.07) is 4.38. The maximum Gasteiger partial charge on any atom is 0.251 e. The van der Waals surface area contributed by atoms with E-state index < -0.39 is 17.6 Å². The van der Waals surface area contributed by atoms with Gasteiger partial charge in [0.2, 0.25) is 0 Å². The Balaban J connectivity index is 2.08. The first-order valence-electron chi connectivity index (χ1n) is 5.43. The highest BCUT2D eigenvalue weighted by Crippen LogP contribution is 2.19. The SMILES string of the molecule is CCc1ccc(CNc2nc(F)c(F)cc2F)s1. The average Bonchev–Trinajstić information content (AvgIpc) is 2.80. The Morgan fingerprint density at radius 1 is 1.17 bits per heavy atom. The zero-order chi connectivity index (χ0) is 13.1. The van der Waals surface area contributed by atoms with E-state index in [1.54, 1.807) is 11.3 Å². The lowest BCUT2D eigenvalue weighted by molar-refractivity contribution is 0.466. The standard InChI is InChI=1S/C12H11F3N2S/c1-2-7-3-4-8(18-7)6-16-12-10(14)5-9(13)11(15)17-12/h3-5H,2,6H2,1H3,(H,16,17). The minimum atomic E-state index is -1.31. The van der Waals surface area contributed by atoms with E-state index in [4.69, 9.17) is 0 Å². The summed E-state index contributed by atoms with van der Waals surface area (Å²) < 4.78 is 38.8. The van der Waals surface area contributed by atoms with Gasteiger partial charge in [0.1, 0.15) is 0 Å². The predicted octanol–water partition coefficient (Wildman–Crippen LogP) is 3.73. The van der Waals surface area contributed by atoms with Crippen LogP contribution in [0, 0.1) is 17.6 Å². The Bertz CT molecular complexity index is 554. The summed E-state index contributed by atoms with van der Waals surface area (Å²) in [5.74, 6) is -3.77. The molecule has 0 radical (unpaired) electrons. The van der Waals surface area contributed by atoms with E-state index in [2.05, 4.69) is 10.3 Å². The summed E-state index contributed by atoms with van der Waals surface area (Å²) in [6.45, 7) is 2.37. The zero-order valence-corrected chi connectivity index (χ0v) is 10.5. The van der Waals surface area contributed by atoms with Crippen molar-refractivity contribution >= 4 is 17.2 Å². The number of rotatable bonds is 4. The summed E-state index contributed by atoms with van der Waals surface area (Å²) in [7, 11) is 0. The molecule has 0 spiro atoms. The van der Waals surface area contributed by atoms with Crippen molar-refractivity contribution in [3.8, 4) is 0 Å². The van der Waals surface area contributed by atoms with E-state index >= 15 is 0 Å². The Morgan fingerprint density at radius 3 is 2.56 bits per heavy atom. The molecule has 2 rings (SSSR count). The van der Waals surface area contributed by atoms with Crippen molar-refractivity contribution in [3.63, 3.8) is 0 Å². The maximum absolute atomic E-state index is 13.3. The smallest absolute Gasteiger partial charge is 0.251 e. The highest BCUT2D eigenvalue weighted by atomic mass is 32.1. The van der Waals surface area contributed by atoms with Gasteiger partial charge in [-0.2, -0.15) is 9.37 Å². The van der Waals surface area contributed by atoms with Crippen molar-refractivity contribution in [2.75, 3.05) is 5.32 Å². The fourth-order valence-electron chi connectivity index (χ4n) is 1.45. The lowest BCUT2D eigenvalue weighted by atomic mass is 10.3. The van der Waals surface area contributed by atoms with Gasteiger partial charge in [-0.15, -0.1) is 11.3 Å². The molecule has 2 aromatic rings. The van der Waals surface area contributed by atoms with Crippen LogP contribution >= 0.6 is 11.3 Å². The first kappa shape index (κ1) is 12.9. The molecule has 0 atom stereocenters. The van der Waals surface area contributed by atoms with Gasteiger partial charge in [0.15, 0.2) is 17.5 Å². The highest BCUT2D eigenvalue weighted by Gasteiger charge is 2.11. The van der Waals surface area contributed by atoms with Crippen molar-refractivity contribution in [2.45, 2.75) is 19.9 Å². The molecule has 18 heavy (non-hydrogen) atoms. The third-order valence-electron chi connectivity index (χ3n) is 2.38. The fraction of sp³-hybridized carbons (Fsp3) is 0.250. The molecule has 0 bridgehead atoms. The van der Waals surface area contributed by atoms with Crippen LogP contribution in [-0.4, -0.2) is 4.98 Å². The van der Waals surface area contributed by atoms with E-state index in [9.17, 15) is 13.2 Å². The Kier molecular flexibility index (Phi) is 3.86. The lowest BCUT2D eigenvalue weighted by Crippen LogP contribution is -2.05. The zero-order valence-electron chi connectivity index (χ0n) is 9.64. The summed E-state index contributed by atoms with van der Waals surface area (Å²) in [4.78, 5) is 5.39. The van der Waals surface area contributed by atoms with Crippen molar-refractivity contribution < 1.29 is 13.2 Å². The number of nitrogens with zero attached hydrogens (tertiary/aromatic N) is 1. The molecule has 6 heteroatoms. The van der Waals surface area contributed by atoms with Crippen molar-refractivity contribution in [1.29, 1.82) is 0 Å². The maximum atomic E-state index is 13.3. The van der Waals surface area contributed by atoms with Gasteiger partial charge in [-0.25, -0.2) is 8.78 Å². The molecular formula is C12H11F3N2S. The molecule has 0 unspecified atom stereocenters. The Hall–Kier alpha value is -1.56. The van der Waals surface area contributed by atoms with Gasteiger partial charge in [-0.1, -0.05) is 6.92 Å². The molecule has 0 aliphatic rings. The molecule has 0 amide bonds. The van der Waals surface area contributed by atoms with Gasteiger partial charge in [-0.3, -0.25) is 0 Å². The van der Waals surface area contributed by atoms with Crippen LogP contribution < -0.4 is 5.32 Å². The molecule has 2 heterocycles. The molecule has 0 aliphatic carbocycles. The van der Waals surface area contributed by atoms with Crippen LogP contribution in [0.1, 0.15) is 16.7 Å². The monoisotopic (exact) mass is 272 g/mol. The molecule has 96 valence electrons. The number of aromatic nitrogens is 1. The van der Waals surface area contributed by atoms with E-state index in [1.165, 1.54) is 4.88 Å². The minimum absolute atomic E-state index is 0.277. The molecule has 2 aromatic heterocycles. The number of thiophene rings is 1. The van der Waals surface area contributed by atoms with Crippen LogP contribution in [0.4, 0.5) is 19.0 Å². The molecule has 2 nitrogen and oxygen atoms in total. The van der Waals surface area contributed by atoms with E-state index in [-0.39, 0.29) is 5.82 Å². The van der Waals surface area contributed by atoms with Gasteiger partial charge in [-0.05, 0) is 18.6 Å². The van der Waals surface area contributed by atoms with Crippen LogP contribution in [0.3, 0.4) is 0 Å². The first-order valence-corrected chi connectivity index (χ1v) is 6.24. The first-order chi connectivity index (χ1) is 8.60. The Labute approximate surface area is 106 Å². The van der Waals surface area contributed by atoms with E-state index in [0.717, 1.165) is 11.3 Å². The molecule has 0 saturated heterocycles. The van der Waals surface area contributed by atoms with Gasteiger partial charge < -0.3 is 5.32 Å². The molecule has 0 aliphatic heterocycles. The normalized spacial score (nSPS) is 10.7. The molecular weight excluding hydrogens is 261 g/mol. The summed E-state index contributed by atoms with van der Waals surface area (Å²) in [5, 5.41) is 2.65. The number of anilines is 1. The van der Waals surface area contributed by atoms with Crippen LogP contribution in [0.25, 0.3) is 0 Å². The number of pyridine rings is 1. The number of hydrogen-bond acceptors (Lipinski definition) is 3. The summed E-state index contributed by atoms with van der Waals surface area (Å²) in [6.07, 6.45) is 0.933. The largest absolute Gasteiger partial charge is 0.363 e. The topological polar surface area (TPSA) is 24.9 Å².